The fraction of sp³-hybridized carbons (Fsp3) is 1.00. The van der Waals surface area contributed by atoms with Crippen LogP contribution in [0.15, 0.2) is 0 Å². The second-order valence-electron chi connectivity index (χ2n) is 6.46. The van der Waals surface area contributed by atoms with E-state index in [4.69, 9.17) is 11.6 Å². The van der Waals surface area contributed by atoms with E-state index in [1.165, 1.54) is 38.5 Å². The molecule has 4 saturated carbocycles. The lowest BCUT2D eigenvalue weighted by atomic mass is 9.49. The van der Waals surface area contributed by atoms with E-state index in [0.29, 0.717) is 5.41 Å². The lowest BCUT2D eigenvalue weighted by Crippen LogP contribution is -2.46. The van der Waals surface area contributed by atoms with Gasteiger partial charge in [0.1, 0.15) is 0 Å². The molecule has 0 aromatic heterocycles. The summed E-state index contributed by atoms with van der Waals surface area (Å²) in [4.78, 5) is 0. The Hall–Kier alpha value is 0.110. The Morgan fingerprint density at radius 1 is 1.06 bits per heavy atom. The third-order valence-electron chi connectivity index (χ3n) is 5.06. The molecule has 0 aliphatic heterocycles. The van der Waals surface area contributed by atoms with Crippen molar-refractivity contribution in [1.29, 1.82) is 0 Å². The van der Waals surface area contributed by atoms with E-state index in [0.717, 1.165) is 24.2 Å². The second-order valence-corrected chi connectivity index (χ2v) is 6.90. The van der Waals surface area contributed by atoms with Crippen molar-refractivity contribution in [1.82, 2.24) is 0 Å². The molecule has 0 radical (unpaired) electrons. The number of alkyl halides is 3. The molecule has 4 rings (SSSR count). The highest BCUT2D eigenvalue weighted by atomic mass is 35.5. The zero-order valence-electron chi connectivity index (χ0n) is 9.93. The van der Waals surface area contributed by atoms with Crippen LogP contribution in [-0.4, -0.2) is 12.2 Å². The summed E-state index contributed by atoms with van der Waals surface area (Å²) in [6.07, 6.45) is 8.60. The van der Waals surface area contributed by atoms with E-state index in [2.05, 4.69) is 4.74 Å². The van der Waals surface area contributed by atoms with Gasteiger partial charge < -0.3 is 4.74 Å². The van der Waals surface area contributed by atoms with Crippen LogP contribution >= 0.6 is 11.6 Å². The number of hydrogen-bond donors (Lipinski definition) is 0. The van der Waals surface area contributed by atoms with Gasteiger partial charge in [-0.3, -0.25) is 0 Å². The summed E-state index contributed by atoms with van der Waals surface area (Å²) in [5.74, 6) is 2.58. The Morgan fingerprint density at radius 3 is 1.94 bits per heavy atom. The predicted molar refractivity (Wildman–Crippen MR) is 62.0 cm³/mol. The van der Waals surface area contributed by atoms with Gasteiger partial charge in [0.15, 0.2) is 0 Å². The van der Waals surface area contributed by atoms with E-state index < -0.39 is 5.57 Å². The molecule has 0 aromatic rings. The molecular weight excluding hydrogens is 246 g/mol. The van der Waals surface area contributed by atoms with Crippen LogP contribution in [0.5, 0.6) is 0 Å². The van der Waals surface area contributed by atoms with Crippen molar-refractivity contribution < 1.29 is 13.5 Å². The van der Waals surface area contributed by atoms with Gasteiger partial charge in [0.25, 0.3) is 0 Å². The summed E-state index contributed by atoms with van der Waals surface area (Å²) < 4.78 is 29.2. The zero-order chi connectivity index (χ0) is 12.1. The van der Waals surface area contributed by atoms with E-state index in [1.54, 1.807) is 0 Å². The van der Waals surface area contributed by atoms with Crippen LogP contribution in [-0.2, 0) is 4.74 Å². The van der Waals surface area contributed by atoms with Crippen LogP contribution in [0.1, 0.15) is 44.9 Å². The van der Waals surface area contributed by atoms with Crippen molar-refractivity contribution in [2.24, 2.45) is 23.2 Å². The molecule has 0 unspecified atom stereocenters. The minimum absolute atomic E-state index is 0.0999. The molecule has 0 aromatic carbocycles. The maximum Gasteiger partial charge on any atom is 0.440 e. The maximum atomic E-state index is 12.4. The summed E-state index contributed by atoms with van der Waals surface area (Å²) in [6.45, 7) is 0.0999. The fourth-order valence-corrected chi connectivity index (χ4v) is 5.06. The third kappa shape index (κ3) is 2.60. The lowest BCUT2D eigenvalue weighted by Gasteiger charge is -2.57. The minimum atomic E-state index is -3.48. The molecule has 0 heterocycles. The van der Waals surface area contributed by atoms with Gasteiger partial charge in [-0.2, -0.15) is 8.78 Å². The van der Waals surface area contributed by atoms with Gasteiger partial charge in [0.2, 0.25) is 0 Å². The molecule has 4 bridgehead atoms. The van der Waals surface area contributed by atoms with Gasteiger partial charge >= 0.3 is 5.57 Å². The second kappa shape index (κ2) is 4.06. The minimum Gasteiger partial charge on any atom is -0.307 e. The molecule has 98 valence electrons. The Bertz CT molecular complexity index is 265. The van der Waals surface area contributed by atoms with Crippen LogP contribution < -0.4 is 0 Å². The van der Waals surface area contributed by atoms with Gasteiger partial charge in [0, 0.05) is 0 Å². The molecule has 1 nitrogen and oxygen atoms in total. The van der Waals surface area contributed by atoms with Crippen molar-refractivity contribution in [3.63, 3.8) is 0 Å². The van der Waals surface area contributed by atoms with Crippen LogP contribution in [0, 0.1) is 23.2 Å². The topological polar surface area (TPSA) is 9.23 Å². The molecule has 4 heteroatoms. The Balaban J connectivity index is 1.59. The molecule has 4 aliphatic carbocycles. The van der Waals surface area contributed by atoms with E-state index in [9.17, 15) is 8.78 Å². The molecule has 4 aliphatic rings. The summed E-state index contributed by atoms with van der Waals surface area (Å²) in [6, 6.07) is 0. The van der Waals surface area contributed by atoms with Crippen LogP contribution in [0.3, 0.4) is 0 Å². The van der Waals surface area contributed by atoms with Crippen LogP contribution in [0.25, 0.3) is 0 Å². The van der Waals surface area contributed by atoms with Crippen molar-refractivity contribution in [2.45, 2.75) is 50.5 Å². The lowest BCUT2D eigenvalue weighted by molar-refractivity contribution is -0.180. The van der Waals surface area contributed by atoms with E-state index in [1.807, 2.05) is 0 Å². The Morgan fingerprint density at radius 2 is 1.53 bits per heavy atom. The van der Waals surface area contributed by atoms with Crippen molar-refractivity contribution in [3.05, 3.63) is 0 Å². The van der Waals surface area contributed by atoms with Crippen molar-refractivity contribution in [2.75, 3.05) is 6.61 Å². The SMILES string of the molecule is FC(F)(Cl)OCCC12CC3CC(CC(C3)C1)C2. The summed E-state index contributed by atoms with van der Waals surface area (Å²) >= 11 is 4.76. The molecule has 17 heavy (non-hydrogen) atoms. The Kier molecular flexibility index (Phi) is 2.90. The predicted octanol–water partition coefficient (Wildman–Crippen LogP) is 4.40. The first-order valence-electron chi connectivity index (χ1n) is 6.65. The molecule has 0 saturated heterocycles. The third-order valence-corrected chi connectivity index (χ3v) is 5.17. The smallest absolute Gasteiger partial charge is 0.307 e. The first-order valence-corrected chi connectivity index (χ1v) is 7.03. The summed E-state index contributed by atoms with van der Waals surface area (Å²) in [7, 11) is 0. The van der Waals surface area contributed by atoms with Crippen molar-refractivity contribution in [3.8, 4) is 0 Å². The first kappa shape index (κ1) is 12.2. The van der Waals surface area contributed by atoms with Gasteiger partial charge in [-0.25, -0.2) is 0 Å². The monoisotopic (exact) mass is 264 g/mol. The number of halogens is 3. The maximum absolute atomic E-state index is 12.4. The number of rotatable bonds is 4. The van der Waals surface area contributed by atoms with Gasteiger partial charge in [-0.15, -0.1) is 0 Å². The highest BCUT2D eigenvalue weighted by Crippen LogP contribution is 2.61. The Labute approximate surface area is 106 Å². The highest BCUT2D eigenvalue weighted by molar-refractivity contribution is 6.20. The standard InChI is InChI=1S/C13H19ClF2O/c14-13(15,16)17-2-1-12-6-9-3-10(7-12)5-11(4-9)8-12/h9-11H,1-8H2. The zero-order valence-corrected chi connectivity index (χ0v) is 10.7. The highest BCUT2D eigenvalue weighted by Gasteiger charge is 2.50. The molecule has 0 amide bonds. The molecule has 0 N–H and O–H groups in total. The number of hydrogen-bond acceptors (Lipinski definition) is 1. The van der Waals surface area contributed by atoms with Gasteiger partial charge in [-0.1, -0.05) is 0 Å². The summed E-state index contributed by atoms with van der Waals surface area (Å²) in [5, 5.41) is 0. The van der Waals surface area contributed by atoms with Gasteiger partial charge in [-0.05, 0) is 79.7 Å². The van der Waals surface area contributed by atoms with Crippen LogP contribution in [0.2, 0.25) is 0 Å². The summed E-state index contributed by atoms with van der Waals surface area (Å²) in [5.41, 5.74) is -3.18. The largest absolute Gasteiger partial charge is 0.440 e. The molecule has 0 atom stereocenters. The first-order chi connectivity index (χ1) is 7.94. The van der Waals surface area contributed by atoms with E-state index in [-0.39, 0.29) is 6.61 Å². The normalized spacial score (nSPS) is 44.3. The van der Waals surface area contributed by atoms with Crippen LogP contribution in [0.4, 0.5) is 8.78 Å². The molecule has 0 spiro atoms. The molecule has 4 fully saturated rings. The number of ether oxygens (including phenoxy) is 1. The fourth-order valence-electron chi connectivity index (χ4n) is 4.98. The average Bonchev–Trinajstić information content (AvgIpc) is 2.11. The van der Waals surface area contributed by atoms with Crippen molar-refractivity contribution >= 4 is 11.6 Å². The van der Waals surface area contributed by atoms with E-state index >= 15 is 0 Å². The quantitative estimate of drug-likeness (QED) is 0.684. The van der Waals surface area contributed by atoms with Gasteiger partial charge in [0.05, 0.1) is 6.61 Å². The molecular formula is C13H19ClF2O. The average molecular weight is 265 g/mol.